The molecule has 0 aliphatic carbocycles. The van der Waals surface area contributed by atoms with Gasteiger partial charge >= 0.3 is 0 Å². The van der Waals surface area contributed by atoms with Gasteiger partial charge < -0.3 is 16.3 Å². The predicted molar refractivity (Wildman–Crippen MR) is 80.4 cm³/mol. The molecule has 0 heterocycles. The molecule has 0 fully saturated rings. The number of nitrogens with two attached hydrogens (primary N) is 1. The van der Waals surface area contributed by atoms with Gasteiger partial charge in [0, 0.05) is 16.6 Å². The third-order valence-corrected chi connectivity index (χ3v) is 3.26. The molecule has 0 atom stereocenters. The Bertz CT molecular complexity index is 629. The van der Waals surface area contributed by atoms with E-state index in [1.165, 1.54) is 6.07 Å². The number of halogens is 2. The second kappa shape index (κ2) is 6.38. The number of hydrogen-bond donors (Lipinski definition) is 3. The Hall–Kier alpha value is -2.08. The van der Waals surface area contributed by atoms with Gasteiger partial charge in [-0.3, -0.25) is 0 Å². The highest BCUT2D eigenvalue weighted by molar-refractivity contribution is 9.10. The fraction of sp³-hybridized carbons (Fsp3) is 0.0714. The molecule has 0 aliphatic heterocycles. The topological polar surface area (TPSA) is 70.6 Å². The fourth-order valence-electron chi connectivity index (χ4n) is 1.68. The first-order chi connectivity index (χ1) is 9.60. The van der Waals surface area contributed by atoms with Crippen molar-refractivity contribution in [1.82, 2.24) is 0 Å². The van der Waals surface area contributed by atoms with Gasteiger partial charge in [0.1, 0.15) is 5.82 Å². The summed E-state index contributed by atoms with van der Waals surface area (Å²) in [5.74, 6) is -0.246. The lowest BCUT2D eigenvalue weighted by Crippen LogP contribution is -2.13. The molecule has 0 spiro atoms. The van der Waals surface area contributed by atoms with E-state index < -0.39 is 0 Å². The number of nitrogens with one attached hydrogen (secondary N) is 1. The first kappa shape index (κ1) is 14.3. The van der Waals surface area contributed by atoms with Crippen molar-refractivity contribution in [2.45, 2.75) is 6.54 Å². The maximum atomic E-state index is 13.5. The van der Waals surface area contributed by atoms with Crippen molar-refractivity contribution in [3.8, 4) is 0 Å². The molecule has 0 aromatic heterocycles. The molecule has 0 bridgehead atoms. The highest BCUT2D eigenvalue weighted by atomic mass is 79.9. The number of oxime groups is 1. The van der Waals surface area contributed by atoms with E-state index >= 15 is 0 Å². The van der Waals surface area contributed by atoms with Crippen molar-refractivity contribution < 1.29 is 9.60 Å². The van der Waals surface area contributed by atoms with Crippen LogP contribution < -0.4 is 11.1 Å². The van der Waals surface area contributed by atoms with Crippen molar-refractivity contribution in [3.05, 3.63) is 63.9 Å². The van der Waals surface area contributed by atoms with Gasteiger partial charge in [0.05, 0.1) is 5.69 Å². The van der Waals surface area contributed by atoms with Crippen LogP contribution in [-0.4, -0.2) is 11.0 Å². The standard InChI is InChI=1S/C14H13BrFN3O/c15-11-5-6-12(16)13(7-11)18-8-9-1-3-10(4-2-9)14(17)19-20/h1-7,18,20H,8H2,(H2,17,19). The molecular weight excluding hydrogens is 325 g/mol. The highest BCUT2D eigenvalue weighted by Crippen LogP contribution is 2.20. The van der Waals surface area contributed by atoms with Crippen LogP contribution in [0.25, 0.3) is 0 Å². The zero-order chi connectivity index (χ0) is 14.5. The van der Waals surface area contributed by atoms with Crippen LogP contribution in [0, 0.1) is 5.82 Å². The van der Waals surface area contributed by atoms with Crippen LogP contribution >= 0.6 is 15.9 Å². The van der Waals surface area contributed by atoms with Gasteiger partial charge in [0.2, 0.25) is 0 Å². The summed E-state index contributed by atoms with van der Waals surface area (Å²) in [5.41, 5.74) is 7.49. The van der Waals surface area contributed by atoms with Crippen LogP contribution in [0.1, 0.15) is 11.1 Å². The summed E-state index contributed by atoms with van der Waals surface area (Å²) in [6.45, 7) is 0.476. The first-order valence-electron chi connectivity index (χ1n) is 5.86. The van der Waals surface area contributed by atoms with Crippen molar-refractivity contribution >= 4 is 27.5 Å². The van der Waals surface area contributed by atoms with Gasteiger partial charge in [-0.15, -0.1) is 0 Å². The lowest BCUT2D eigenvalue weighted by molar-refractivity contribution is 0.318. The minimum atomic E-state index is -0.304. The molecule has 2 aromatic carbocycles. The molecule has 2 rings (SSSR count). The van der Waals surface area contributed by atoms with Crippen LogP contribution in [0.5, 0.6) is 0 Å². The van der Waals surface area contributed by atoms with E-state index in [0.717, 1.165) is 10.0 Å². The molecule has 4 N–H and O–H groups in total. The van der Waals surface area contributed by atoms with E-state index in [2.05, 4.69) is 26.4 Å². The average Bonchev–Trinajstić information content (AvgIpc) is 2.48. The van der Waals surface area contributed by atoms with Gasteiger partial charge in [-0.2, -0.15) is 0 Å². The van der Waals surface area contributed by atoms with Crippen LogP contribution in [-0.2, 0) is 6.54 Å². The predicted octanol–water partition coefficient (Wildman–Crippen LogP) is 3.29. The molecule has 6 heteroatoms. The number of nitrogens with zero attached hydrogens (tertiary/aromatic N) is 1. The monoisotopic (exact) mass is 337 g/mol. The van der Waals surface area contributed by atoms with Gasteiger partial charge in [-0.25, -0.2) is 4.39 Å². The van der Waals surface area contributed by atoms with E-state index in [0.29, 0.717) is 17.8 Å². The number of rotatable bonds is 4. The van der Waals surface area contributed by atoms with Gasteiger partial charge in [0.15, 0.2) is 5.84 Å². The summed E-state index contributed by atoms with van der Waals surface area (Å²) >= 11 is 3.30. The number of benzene rings is 2. The van der Waals surface area contributed by atoms with Crippen molar-refractivity contribution in [1.29, 1.82) is 0 Å². The zero-order valence-electron chi connectivity index (χ0n) is 10.5. The third-order valence-electron chi connectivity index (χ3n) is 2.77. The number of amidine groups is 1. The maximum absolute atomic E-state index is 13.5. The van der Waals surface area contributed by atoms with Gasteiger partial charge in [-0.1, -0.05) is 45.4 Å². The smallest absolute Gasteiger partial charge is 0.170 e. The van der Waals surface area contributed by atoms with Crippen molar-refractivity contribution in [2.75, 3.05) is 5.32 Å². The Balaban J connectivity index is 2.06. The van der Waals surface area contributed by atoms with Crippen molar-refractivity contribution in [2.24, 2.45) is 10.9 Å². The largest absolute Gasteiger partial charge is 0.409 e. The summed E-state index contributed by atoms with van der Waals surface area (Å²) in [7, 11) is 0. The minimum Gasteiger partial charge on any atom is -0.409 e. The quantitative estimate of drug-likeness (QED) is 0.347. The summed E-state index contributed by atoms with van der Waals surface area (Å²) in [6.07, 6.45) is 0. The lowest BCUT2D eigenvalue weighted by Gasteiger charge is -2.08. The highest BCUT2D eigenvalue weighted by Gasteiger charge is 2.03. The van der Waals surface area contributed by atoms with Crippen LogP contribution in [0.2, 0.25) is 0 Å². The van der Waals surface area contributed by atoms with E-state index in [4.69, 9.17) is 10.9 Å². The van der Waals surface area contributed by atoms with E-state index in [1.54, 1.807) is 24.3 Å². The average molecular weight is 338 g/mol. The molecule has 0 radical (unpaired) electrons. The fourth-order valence-corrected chi connectivity index (χ4v) is 2.04. The molecule has 20 heavy (non-hydrogen) atoms. The van der Waals surface area contributed by atoms with Gasteiger partial charge in [0.25, 0.3) is 0 Å². The lowest BCUT2D eigenvalue weighted by atomic mass is 10.1. The maximum Gasteiger partial charge on any atom is 0.170 e. The van der Waals surface area contributed by atoms with Crippen LogP contribution in [0.15, 0.2) is 52.1 Å². The summed E-state index contributed by atoms with van der Waals surface area (Å²) in [4.78, 5) is 0. The molecule has 104 valence electrons. The van der Waals surface area contributed by atoms with Crippen LogP contribution in [0.4, 0.5) is 10.1 Å². The van der Waals surface area contributed by atoms with E-state index in [-0.39, 0.29) is 11.7 Å². The Morgan fingerprint density at radius 2 is 1.95 bits per heavy atom. The second-order valence-electron chi connectivity index (χ2n) is 4.16. The molecule has 4 nitrogen and oxygen atoms in total. The Morgan fingerprint density at radius 1 is 1.25 bits per heavy atom. The van der Waals surface area contributed by atoms with Crippen molar-refractivity contribution in [3.63, 3.8) is 0 Å². The Morgan fingerprint density at radius 3 is 2.60 bits per heavy atom. The Labute approximate surface area is 124 Å². The SMILES string of the molecule is NC(=NO)c1ccc(CNc2cc(Br)ccc2F)cc1. The Kier molecular flexibility index (Phi) is 4.57. The number of hydrogen-bond acceptors (Lipinski definition) is 3. The molecule has 0 saturated carbocycles. The van der Waals surface area contributed by atoms with E-state index in [1.807, 2.05) is 12.1 Å². The third kappa shape index (κ3) is 3.48. The molecule has 2 aromatic rings. The molecule has 0 amide bonds. The molecular formula is C14H13BrFN3O. The summed E-state index contributed by atoms with van der Waals surface area (Å²) in [6, 6.07) is 11.9. The summed E-state index contributed by atoms with van der Waals surface area (Å²) < 4.78 is 14.4. The normalized spacial score (nSPS) is 11.4. The first-order valence-corrected chi connectivity index (χ1v) is 6.65. The van der Waals surface area contributed by atoms with E-state index in [9.17, 15) is 4.39 Å². The molecule has 0 aliphatic rings. The zero-order valence-corrected chi connectivity index (χ0v) is 12.1. The minimum absolute atomic E-state index is 0.0579. The second-order valence-corrected chi connectivity index (χ2v) is 5.08. The summed E-state index contributed by atoms with van der Waals surface area (Å²) in [5, 5.41) is 14.5. The van der Waals surface area contributed by atoms with Crippen LogP contribution in [0.3, 0.4) is 0 Å². The van der Waals surface area contributed by atoms with Gasteiger partial charge in [-0.05, 0) is 23.8 Å². The number of anilines is 1. The molecule has 0 saturated heterocycles. The molecule has 0 unspecified atom stereocenters.